The smallest absolute Gasteiger partial charge is 0.216 e. The largest absolute Gasteiger partial charge is 0.433 e. The van der Waals surface area contributed by atoms with Gasteiger partial charge < -0.3 is 0 Å². The second kappa shape index (κ2) is 5.90. The van der Waals surface area contributed by atoms with E-state index in [1.165, 1.54) is 0 Å². The molecule has 0 amide bonds. The zero-order chi connectivity index (χ0) is 17.5. The molecule has 2 heterocycles. The number of aromatic nitrogens is 4. The molecule has 0 aliphatic heterocycles. The fourth-order valence-electron chi connectivity index (χ4n) is 2.30. The Morgan fingerprint density at radius 3 is 2.08 bits per heavy atom. The van der Waals surface area contributed by atoms with E-state index in [1.807, 2.05) is 0 Å². The molecule has 3 rings (SSSR count). The van der Waals surface area contributed by atoms with Crippen molar-refractivity contribution in [1.82, 2.24) is 19.7 Å². The number of rotatable bonds is 2. The van der Waals surface area contributed by atoms with Crippen LogP contribution in [0.5, 0.6) is 0 Å². The van der Waals surface area contributed by atoms with Crippen LogP contribution in [0.4, 0.5) is 13.2 Å². The van der Waals surface area contributed by atoms with Gasteiger partial charge in [-0.1, -0.05) is 23.7 Å². The molecule has 3 aromatic rings. The van der Waals surface area contributed by atoms with Gasteiger partial charge in [0.25, 0.3) is 5.95 Å². The van der Waals surface area contributed by atoms with Crippen molar-refractivity contribution in [3.05, 3.63) is 58.5 Å². The van der Waals surface area contributed by atoms with E-state index in [9.17, 15) is 13.2 Å². The van der Waals surface area contributed by atoms with Gasteiger partial charge in [0, 0.05) is 22.0 Å². The van der Waals surface area contributed by atoms with E-state index in [0.29, 0.717) is 22.0 Å². The molecule has 1 aromatic carbocycles. The molecule has 8 heteroatoms. The first kappa shape index (κ1) is 16.4. The highest BCUT2D eigenvalue weighted by atomic mass is 35.5. The summed E-state index contributed by atoms with van der Waals surface area (Å²) >= 11 is 5.81. The van der Waals surface area contributed by atoms with Crippen molar-refractivity contribution in [2.75, 3.05) is 0 Å². The van der Waals surface area contributed by atoms with E-state index in [1.54, 1.807) is 44.2 Å². The highest BCUT2D eigenvalue weighted by Gasteiger charge is 2.37. The summed E-state index contributed by atoms with van der Waals surface area (Å²) in [5.74, 6) is -0.111. The minimum Gasteiger partial charge on any atom is -0.216 e. The van der Waals surface area contributed by atoms with Crippen molar-refractivity contribution >= 4 is 11.6 Å². The number of aryl methyl sites for hydroxylation is 2. The van der Waals surface area contributed by atoms with E-state index in [0.717, 1.165) is 10.7 Å². The van der Waals surface area contributed by atoms with Crippen LogP contribution in [0.1, 0.15) is 17.1 Å². The second-order valence-electron chi connectivity index (χ2n) is 5.28. The lowest BCUT2D eigenvalue weighted by atomic mass is 10.1. The topological polar surface area (TPSA) is 43.6 Å². The second-order valence-corrected chi connectivity index (χ2v) is 5.72. The molecule has 0 aliphatic carbocycles. The van der Waals surface area contributed by atoms with Gasteiger partial charge in [-0.3, -0.25) is 0 Å². The van der Waals surface area contributed by atoms with Gasteiger partial charge in [-0.05, 0) is 38.1 Å². The molecule has 24 heavy (non-hydrogen) atoms. The Morgan fingerprint density at radius 2 is 1.54 bits per heavy atom. The van der Waals surface area contributed by atoms with E-state index < -0.39 is 11.9 Å². The minimum absolute atomic E-state index is 0.111. The van der Waals surface area contributed by atoms with E-state index >= 15 is 0 Å². The van der Waals surface area contributed by atoms with Crippen LogP contribution in [0, 0.1) is 13.8 Å². The summed E-state index contributed by atoms with van der Waals surface area (Å²) in [6.45, 7) is 3.38. The van der Waals surface area contributed by atoms with Crippen LogP contribution in [0.15, 0.2) is 36.4 Å². The van der Waals surface area contributed by atoms with Crippen LogP contribution in [-0.4, -0.2) is 19.7 Å². The van der Waals surface area contributed by atoms with Gasteiger partial charge in [0.05, 0.1) is 5.69 Å². The molecule has 124 valence electrons. The van der Waals surface area contributed by atoms with Crippen LogP contribution < -0.4 is 0 Å². The summed E-state index contributed by atoms with van der Waals surface area (Å²) < 4.78 is 40.9. The molecule has 0 bridgehead atoms. The van der Waals surface area contributed by atoms with Crippen molar-refractivity contribution in [2.45, 2.75) is 20.0 Å². The summed E-state index contributed by atoms with van der Waals surface area (Å²) in [6.07, 6.45) is -4.58. The quantitative estimate of drug-likeness (QED) is 0.676. The Hall–Kier alpha value is -2.41. The van der Waals surface area contributed by atoms with Crippen LogP contribution in [-0.2, 0) is 6.18 Å². The molecule has 0 atom stereocenters. The Kier molecular flexibility index (Phi) is 4.04. The molecular weight excluding hydrogens is 341 g/mol. The highest BCUT2D eigenvalue weighted by molar-refractivity contribution is 6.30. The standard InChI is InChI=1S/C16H12ClF3N4/c1-9-7-10(2)22-15(21-9)24-14(16(18,19)20)8-13(23-24)11-3-5-12(17)6-4-11/h3-8H,1-2H3. The lowest BCUT2D eigenvalue weighted by Gasteiger charge is -2.09. The third kappa shape index (κ3) is 3.26. The maximum absolute atomic E-state index is 13.4. The van der Waals surface area contributed by atoms with Gasteiger partial charge >= 0.3 is 6.18 Å². The lowest BCUT2D eigenvalue weighted by molar-refractivity contribution is -0.142. The van der Waals surface area contributed by atoms with Crippen molar-refractivity contribution in [3.63, 3.8) is 0 Å². The molecule has 0 N–H and O–H groups in total. The highest BCUT2D eigenvalue weighted by Crippen LogP contribution is 2.33. The summed E-state index contributed by atoms with van der Waals surface area (Å²) in [7, 11) is 0. The normalized spacial score (nSPS) is 11.8. The molecule has 0 aliphatic rings. The zero-order valence-electron chi connectivity index (χ0n) is 12.8. The van der Waals surface area contributed by atoms with Crippen LogP contribution in [0.2, 0.25) is 5.02 Å². The summed E-state index contributed by atoms with van der Waals surface area (Å²) in [4.78, 5) is 8.14. The van der Waals surface area contributed by atoms with E-state index in [2.05, 4.69) is 15.1 Å². The molecule has 2 aromatic heterocycles. The fourth-order valence-corrected chi connectivity index (χ4v) is 2.43. The molecule has 0 unspecified atom stereocenters. The first-order valence-corrected chi connectivity index (χ1v) is 7.38. The number of benzene rings is 1. The third-order valence-corrected chi connectivity index (χ3v) is 3.55. The first-order chi connectivity index (χ1) is 11.2. The predicted molar refractivity (Wildman–Crippen MR) is 84.1 cm³/mol. The molecular formula is C16H12ClF3N4. The van der Waals surface area contributed by atoms with Gasteiger partial charge in [-0.15, -0.1) is 0 Å². The molecule has 0 saturated heterocycles. The Bertz CT molecular complexity index is 865. The maximum atomic E-state index is 13.4. The SMILES string of the molecule is Cc1cc(C)nc(-n2nc(-c3ccc(Cl)cc3)cc2C(F)(F)F)n1. The maximum Gasteiger partial charge on any atom is 0.433 e. The van der Waals surface area contributed by atoms with Crippen molar-refractivity contribution in [2.24, 2.45) is 0 Å². The lowest BCUT2D eigenvalue weighted by Crippen LogP contribution is -2.16. The fraction of sp³-hybridized carbons (Fsp3) is 0.188. The van der Waals surface area contributed by atoms with Gasteiger partial charge in [0.15, 0.2) is 5.69 Å². The van der Waals surface area contributed by atoms with Gasteiger partial charge in [0.2, 0.25) is 0 Å². The molecule has 0 radical (unpaired) electrons. The summed E-state index contributed by atoms with van der Waals surface area (Å²) in [6, 6.07) is 9.06. The Balaban J connectivity index is 2.19. The number of nitrogens with zero attached hydrogens (tertiary/aromatic N) is 4. The summed E-state index contributed by atoms with van der Waals surface area (Å²) in [5, 5.41) is 4.55. The third-order valence-electron chi connectivity index (χ3n) is 3.30. The monoisotopic (exact) mass is 352 g/mol. The molecule has 0 fully saturated rings. The van der Waals surface area contributed by atoms with Gasteiger partial charge in [-0.25, -0.2) is 9.97 Å². The van der Waals surface area contributed by atoms with E-state index in [-0.39, 0.29) is 11.6 Å². The average molecular weight is 353 g/mol. The first-order valence-electron chi connectivity index (χ1n) is 7.00. The predicted octanol–water partition coefficient (Wildman–Crippen LogP) is 4.62. The van der Waals surface area contributed by atoms with Crippen molar-refractivity contribution in [1.29, 1.82) is 0 Å². The Morgan fingerprint density at radius 1 is 0.958 bits per heavy atom. The van der Waals surface area contributed by atoms with Crippen LogP contribution >= 0.6 is 11.6 Å². The minimum atomic E-state index is -4.58. The molecule has 0 saturated carbocycles. The van der Waals surface area contributed by atoms with Crippen molar-refractivity contribution in [3.8, 4) is 17.2 Å². The number of hydrogen-bond donors (Lipinski definition) is 0. The van der Waals surface area contributed by atoms with Crippen LogP contribution in [0.3, 0.4) is 0 Å². The van der Waals surface area contributed by atoms with Crippen molar-refractivity contribution < 1.29 is 13.2 Å². The number of halogens is 4. The van der Waals surface area contributed by atoms with Crippen LogP contribution in [0.25, 0.3) is 17.2 Å². The van der Waals surface area contributed by atoms with Gasteiger partial charge in [-0.2, -0.15) is 23.0 Å². The van der Waals surface area contributed by atoms with E-state index in [4.69, 9.17) is 11.6 Å². The number of hydrogen-bond acceptors (Lipinski definition) is 3. The number of alkyl halides is 3. The average Bonchev–Trinajstić information content (AvgIpc) is 2.92. The van der Waals surface area contributed by atoms with Gasteiger partial charge in [0.1, 0.15) is 0 Å². The Labute approximate surface area is 140 Å². The zero-order valence-corrected chi connectivity index (χ0v) is 13.5. The summed E-state index contributed by atoms with van der Waals surface area (Å²) in [5.41, 5.74) is 0.885. The molecule has 0 spiro atoms. The molecule has 4 nitrogen and oxygen atoms in total.